The van der Waals surface area contributed by atoms with Crippen molar-refractivity contribution in [2.75, 3.05) is 0 Å². The molecule has 0 fully saturated rings. The Bertz CT molecular complexity index is 2140. The van der Waals surface area contributed by atoms with E-state index in [4.69, 9.17) is 19.4 Å². The monoisotopic (exact) mass is 525 g/mol. The van der Waals surface area contributed by atoms with Gasteiger partial charge in [0.05, 0.1) is 0 Å². The normalized spacial score (nSPS) is 11.4. The number of rotatable bonds is 4. The maximum absolute atomic E-state index is 6.24. The number of aromatic nitrogens is 3. The van der Waals surface area contributed by atoms with Crippen molar-refractivity contribution >= 4 is 32.7 Å². The summed E-state index contributed by atoms with van der Waals surface area (Å²) in [6.07, 6.45) is 0. The first kappa shape index (κ1) is 23.3. The third-order valence-corrected chi connectivity index (χ3v) is 7.54. The Morgan fingerprint density at radius 3 is 1.56 bits per heavy atom. The molecule has 8 rings (SSSR count). The molecule has 2 heterocycles. The zero-order valence-corrected chi connectivity index (χ0v) is 22.0. The van der Waals surface area contributed by atoms with Gasteiger partial charge in [-0.05, 0) is 28.6 Å². The summed E-state index contributed by atoms with van der Waals surface area (Å²) >= 11 is 0. The maximum atomic E-state index is 6.24. The molecule has 0 aliphatic carbocycles. The molecule has 0 radical (unpaired) electrons. The van der Waals surface area contributed by atoms with Crippen LogP contribution in [0.2, 0.25) is 0 Å². The second-order valence-corrected chi connectivity index (χ2v) is 10.0. The van der Waals surface area contributed by atoms with Crippen LogP contribution in [0, 0.1) is 0 Å². The maximum Gasteiger partial charge on any atom is 0.164 e. The minimum atomic E-state index is 0.639. The van der Waals surface area contributed by atoms with Crippen LogP contribution in [0.4, 0.5) is 0 Å². The number of para-hydroxylation sites is 1. The molecule has 4 nitrogen and oxygen atoms in total. The van der Waals surface area contributed by atoms with E-state index in [0.29, 0.717) is 17.5 Å². The van der Waals surface area contributed by atoms with Crippen LogP contribution in [-0.2, 0) is 0 Å². The third kappa shape index (κ3) is 3.97. The van der Waals surface area contributed by atoms with E-state index < -0.39 is 0 Å². The molecule has 0 unspecified atom stereocenters. The molecule has 0 aliphatic heterocycles. The van der Waals surface area contributed by atoms with Gasteiger partial charge in [0.2, 0.25) is 0 Å². The fourth-order valence-electron chi connectivity index (χ4n) is 5.68. The van der Waals surface area contributed by atoms with Gasteiger partial charge in [-0.2, -0.15) is 0 Å². The second kappa shape index (κ2) is 9.54. The van der Waals surface area contributed by atoms with Crippen molar-refractivity contribution in [1.82, 2.24) is 15.0 Å². The van der Waals surface area contributed by atoms with Crippen LogP contribution >= 0.6 is 0 Å². The van der Waals surface area contributed by atoms with Crippen molar-refractivity contribution in [2.45, 2.75) is 0 Å². The summed E-state index contributed by atoms with van der Waals surface area (Å²) in [6.45, 7) is 0. The van der Waals surface area contributed by atoms with Gasteiger partial charge in [0.15, 0.2) is 17.5 Å². The summed E-state index contributed by atoms with van der Waals surface area (Å²) in [5, 5.41) is 4.42. The number of benzene rings is 6. The molecule has 192 valence electrons. The summed E-state index contributed by atoms with van der Waals surface area (Å²) < 4.78 is 6.24. The molecule has 0 amide bonds. The van der Waals surface area contributed by atoms with Gasteiger partial charge in [-0.25, -0.2) is 15.0 Å². The fourth-order valence-corrected chi connectivity index (χ4v) is 5.68. The zero-order valence-electron chi connectivity index (χ0n) is 22.0. The summed E-state index contributed by atoms with van der Waals surface area (Å²) in [7, 11) is 0. The average molecular weight is 526 g/mol. The zero-order chi connectivity index (χ0) is 27.2. The predicted octanol–water partition coefficient (Wildman–Crippen LogP) is 9.59. The molecule has 6 aromatic carbocycles. The van der Waals surface area contributed by atoms with Crippen molar-refractivity contribution in [3.05, 3.63) is 140 Å². The van der Waals surface area contributed by atoms with E-state index in [1.807, 2.05) is 78.9 Å². The average Bonchev–Trinajstić information content (AvgIpc) is 3.44. The smallest absolute Gasteiger partial charge is 0.164 e. The Morgan fingerprint density at radius 2 is 0.878 bits per heavy atom. The third-order valence-electron chi connectivity index (χ3n) is 7.54. The lowest BCUT2D eigenvalue weighted by atomic mass is 9.92. The molecular weight excluding hydrogens is 502 g/mol. The fraction of sp³-hybridized carbons (Fsp3) is 0. The highest BCUT2D eigenvalue weighted by Crippen LogP contribution is 2.42. The van der Waals surface area contributed by atoms with Crippen LogP contribution in [0.5, 0.6) is 0 Å². The Labute approximate surface area is 236 Å². The van der Waals surface area contributed by atoms with Crippen molar-refractivity contribution < 1.29 is 4.42 Å². The minimum Gasteiger partial charge on any atom is -0.456 e. The minimum absolute atomic E-state index is 0.639. The molecule has 0 atom stereocenters. The van der Waals surface area contributed by atoms with Crippen molar-refractivity contribution in [3.8, 4) is 45.3 Å². The van der Waals surface area contributed by atoms with E-state index in [2.05, 4.69) is 60.7 Å². The van der Waals surface area contributed by atoms with Gasteiger partial charge in [-0.15, -0.1) is 0 Å². The van der Waals surface area contributed by atoms with Gasteiger partial charge in [0.1, 0.15) is 11.2 Å². The number of furan rings is 1. The molecular formula is C37H23N3O. The van der Waals surface area contributed by atoms with Crippen LogP contribution < -0.4 is 0 Å². The molecule has 4 heteroatoms. The predicted molar refractivity (Wildman–Crippen MR) is 166 cm³/mol. The van der Waals surface area contributed by atoms with Crippen molar-refractivity contribution in [2.24, 2.45) is 0 Å². The highest BCUT2D eigenvalue weighted by molar-refractivity contribution is 6.17. The van der Waals surface area contributed by atoms with Crippen LogP contribution in [0.25, 0.3) is 78.0 Å². The first-order valence-electron chi connectivity index (χ1n) is 13.6. The number of hydrogen-bond acceptors (Lipinski definition) is 4. The van der Waals surface area contributed by atoms with Crippen LogP contribution in [0.1, 0.15) is 0 Å². The van der Waals surface area contributed by atoms with Gasteiger partial charge < -0.3 is 4.42 Å². The molecule has 0 saturated carbocycles. The summed E-state index contributed by atoms with van der Waals surface area (Å²) in [5.41, 5.74) is 6.83. The van der Waals surface area contributed by atoms with Gasteiger partial charge >= 0.3 is 0 Å². The molecule has 0 saturated heterocycles. The first-order chi connectivity index (χ1) is 20.3. The lowest BCUT2D eigenvalue weighted by molar-refractivity contribution is 0.669. The topological polar surface area (TPSA) is 51.8 Å². The van der Waals surface area contributed by atoms with Crippen LogP contribution in [0.15, 0.2) is 144 Å². The standard InChI is InChI=1S/C37H23N3O/c1-3-12-25(13-4-1)35-38-36(26-14-5-2-6-15-26)40-37(39-35)30-21-10-17-24-16-9-19-27(33(24)30)28-20-11-23-32-34(28)29-18-7-8-22-31(29)41-32/h1-23H. The Kier molecular flexibility index (Phi) is 5.42. The molecule has 41 heavy (non-hydrogen) atoms. The Hall–Kier alpha value is -5.61. The lowest BCUT2D eigenvalue weighted by Crippen LogP contribution is -2.00. The van der Waals surface area contributed by atoms with Crippen molar-refractivity contribution in [1.29, 1.82) is 0 Å². The highest BCUT2D eigenvalue weighted by Gasteiger charge is 2.19. The molecule has 0 N–H and O–H groups in total. The Balaban J connectivity index is 1.43. The van der Waals surface area contributed by atoms with Crippen LogP contribution in [-0.4, -0.2) is 15.0 Å². The molecule has 2 aromatic heterocycles. The summed E-state index contributed by atoms with van der Waals surface area (Å²) in [6, 6.07) is 47.4. The Morgan fingerprint density at radius 1 is 0.366 bits per heavy atom. The molecule has 0 aliphatic rings. The van der Waals surface area contributed by atoms with Gasteiger partial charge in [0.25, 0.3) is 0 Å². The number of fused-ring (bicyclic) bond motifs is 4. The SMILES string of the molecule is c1ccc(-c2nc(-c3ccccc3)nc(-c3cccc4cccc(-c5cccc6oc7ccccc7c56)c34)n2)cc1. The molecule has 8 aromatic rings. The van der Waals surface area contributed by atoms with E-state index in [0.717, 1.165) is 60.5 Å². The lowest BCUT2D eigenvalue weighted by Gasteiger charge is -2.14. The summed E-state index contributed by atoms with van der Waals surface area (Å²) in [4.78, 5) is 15.0. The number of nitrogens with zero attached hydrogens (tertiary/aromatic N) is 3. The van der Waals surface area contributed by atoms with Crippen molar-refractivity contribution in [3.63, 3.8) is 0 Å². The van der Waals surface area contributed by atoms with Gasteiger partial charge in [-0.1, -0.05) is 127 Å². The van der Waals surface area contributed by atoms with E-state index in [9.17, 15) is 0 Å². The second-order valence-electron chi connectivity index (χ2n) is 10.0. The highest BCUT2D eigenvalue weighted by atomic mass is 16.3. The van der Waals surface area contributed by atoms with E-state index in [-0.39, 0.29) is 0 Å². The first-order valence-corrected chi connectivity index (χ1v) is 13.6. The number of hydrogen-bond donors (Lipinski definition) is 0. The van der Waals surface area contributed by atoms with E-state index in [1.165, 1.54) is 0 Å². The van der Waals surface area contributed by atoms with Gasteiger partial charge in [-0.3, -0.25) is 0 Å². The van der Waals surface area contributed by atoms with Gasteiger partial charge in [0, 0.05) is 32.8 Å². The molecule has 0 spiro atoms. The van der Waals surface area contributed by atoms with E-state index in [1.54, 1.807) is 0 Å². The largest absolute Gasteiger partial charge is 0.456 e. The van der Waals surface area contributed by atoms with Crippen LogP contribution in [0.3, 0.4) is 0 Å². The quantitative estimate of drug-likeness (QED) is 0.230. The molecule has 0 bridgehead atoms. The summed E-state index contributed by atoms with van der Waals surface area (Å²) in [5.74, 6) is 1.93. The van der Waals surface area contributed by atoms with E-state index >= 15 is 0 Å².